The number of carbonyl (C=O) groups excluding carboxylic acids is 1. The molecule has 0 spiro atoms. The topological polar surface area (TPSA) is 60.9 Å². The molecule has 3 atom stereocenters. The fourth-order valence-electron chi connectivity index (χ4n) is 3.35. The van der Waals surface area contributed by atoms with Crippen LogP contribution in [0.2, 0.25) is 0 Å². The van der Waals surface area contributed by atoms with E-state index in [-0.39, 0.29) is 24.2 Å². The van der Waals surface area contributed by atoms with Gasteiger partial charge in [0.25, 0.3) is 5.91 Å². The molecule has 3 rings (SSSR count). The van der Waals surface area contributed by atoms with Crippen molar-refractivity contribution >= 4 is 5.91 Å². The van der Waals surface area contributed by atoms with Crippen LogP contribution in [0, 0.1) is 0 Å². The maximum atomic E-state index is 13.0. The number of carbonyl (C=O) groups is 1. The fourth-order valence-corrected chi connectivity index (χ4v) is 3.35. The first kappa shape index (κ1) is 16.0. The van der Waals surface area contributed by atoms with Gasteiger partial charge >= 0.3 is 0 Å². The Morgan fingerprint density at radius 3 is 3.26 bits per heavy atom. The maximum absolute atomic E-state index is 13.0. The number of likely N-dealkylation sites (tertiary alicyclic amines) is 1. The third kappa shape index (κ3) is 3.09. The molecule has 2 fully saturated rings. The summed E-state index contributed by atoms with van der Waals surface area (Å²) in [5.74, 6) is 0.265. The molecule has 0 bridgehead atoms. The Balaban J connectivity index is 1.83. The van der Waals surface area contributed by atoms with Crippen LogP contribution in [0.3, 0.4) is 0 Å². The minimum atomic E-state index is -0.120. The van der Waals surface area contributed by atoms with E-state index in [4.69, 9.17) is 14.2 Å². The van der Waals surface area contributed by atoms with E-state index < -0.39 is 0 Å². The highest BCUT2D eigenvalue weighted by molar-refractivity contribution is 5.96. The molecule has 0 aromatic carbocycles. The van der Waals surface area contributed by atoms with E-state index in [0.717, 1.165) is 12.8 Å². The first-order valence-corrected chi connectivity index (χ1v) is 7.90. The van der Waals surface area contributed by atoms with Gasteiger partial charge in [0.15, 0.2) is 0 Å². The Kier molecular flexibility index (Phi) is 4.93. The van der Waals surface area contributed by atoms with Gasteiger partial charge in [-0.15, -0.1) is 6.58 Å². The molecule has 2 aliphatic heterocycles. The molecule has 2 aliphatic rings. The van der Waals surface area contributed by atoms with Crippen molar-refractivity contribution in [1.82, 2.24) is 9.88 Å². The predicted molar refractivity (Wildman–Crippen MR) is 84.5 cm³/mol. The summed E-state index contributed by atoms with van der Waals surface area (Å²) in [6.07, 6.45) is 5.00. The van der Waals surface area contributed by atoms with E-state index >= 15 is 0 Å². The second-order valence-electron chi connectivity index (χ2n) is 5.72. The molecule has 0 unspecified atom stereocenters. The van der Waals surface area contributed by atoms with Gasteiger partial charge in [-0.2, -0.15) is 0 Å². The highest BCUT2D eigenvalue weighted by atomic mass is 16.5. The molecular weight excluding hydrogens is 296 g/mol. The summed E-state index contributed by atoms with van der Waals surface area (Å²) in [6.45, 7) is 5.36. The molecule has 2 saturated heterocycles. The minimum absolute atomic E-state index is 0.0379. The van der Waals surface area contributed by atoms with Crippen molar-refractivity contribution in [1.29, 1.82) is 0 Å². The highest BCUT2D eigenvalue weighted by Gasteiger charge is 2.47. The van der Waals surface area contributed by atoms with Crippen molar-refractivity contribution < 1.29 is 19.0 Å². The molecule has 3 heterocycles. The number of amides is 1. The molecule has 0 aliphatic carbocycles. The van der Waals surface area contributed by atoms with Crippen molar-refractivity contribution in [3.8, 4) is 5.88 Å². The number of ether oxygens (including phenoxy) is 3. The van der Waals surface area contributed by atoms with E-state index in [1.165, 1.54) is 7.11 Å². The van der Waals surface area contributed by atoms with Crippen molar-refractivity contribution in [3.63, 3.8) is 0 Å². The van der Waals surface area contributed by atoms with Crippen molar-refractivity contribution in [2.45, 2.75) is 31.1 Å². The van der Waals surface area contributed by atoms with Crippen LogP contribution >= 0.6 is 0 Å². The molecule has 23 heavy (non-hydrogen) atoms. The number of pyridine rings is 1. The summed E-state index contributed by atoms with van der Waals surface area (Å²) in [4.78, 5) is 18.9. The van der Waals surface area contributed by atoms with Crippen LogP contribution in [0.1, 0.15) is 23.2 Å². The molecular formula is C17H22N2O4. The molecule has 0 saturated carbocycles. The lowest BCUT2D eigenvalue weighted by atomic mass is 10.0. The predicted octanol–water partition coefficient (Wildman–Crippen LogP) is 1.66. The summed E-state index contributed by atoms with van der Waals surface area (Å²) < 4.78 is 16.9. The van der Waals surface area contributed by atoms with Crippen molar-refractivity contribution in [3.05, 3.63) is 36.5 Å². The average molecular weight is 318 g/mol. The molecule has 1 amide bonds. The monoisotopic (exact) mass is 318 g/mol. The van der Waals surface area contributed by atoms with E-state index in [1.807, 2.05) is 4.90 Å². The third-order valence-corrected chi connectivity index (χ3v) is 4.36. The van der Waals surface area contributed by atoms with Crippen LogP contribution in [0.5, 0.6) is 5.88 Å². The molecule has 124 valence electrons. The first-order chi connectivity index (χ1) is 11.3. The maximum Gasteiger partial charge on any atom is 0.259 e. The minimum Gasteiger partial charge on any atom is -0.480 e. The number of hydrogen-bond acceptors (Lipinski definition) is 5. The smallest absolute Gasteiger partial charge is 0.259 e. The largest absolute Gasteiger partial charge is 0.480 e. The van der Waals surface area contributed by atoms with Crippen LogP contribution in [0.25, 0.3) is 0 Å². The van der Waals surface area contributed by atoms with Crippen molar-refractivity contribution in [2.75, 3.05) is 26.9 Å². The Morgan fingerprint density at radius 2 is 2.48 bits per heavy atom. The summed E-state index contributed by atoms with van der Waals surface area (Å²) in [5.41, 5.74) is 0.476. The normalized spacial score (nSPS) is 26.7. The summed E-state index contributed by atoms with van der Waals surface area (Å²) in [7, 11) is 1.52. The summed E-state index contributed by atoms with van der Waals surface area (Å²) >= 11 is 0. The van der Waals surface area contributed by atoms with E-state index in [9.17, 15) is 4.79 Å². The molecule has 1 aromatic rings. The Morgan fingerprint density at radius 1 is 1.61 bits per heavy atom. The molecule has 6 heteroatoms. The van der Waals surface area contributed by atoms with Gasteiger partial charge in [-0.25, -0.2) is 4.98 Å². The van der Waals surface area contributed by atoms with Gasteiger partial charge in [0.2, 0.25) is 5.88 Å². The molecule has 1 aromatic heterocycles. The van der Waals surface area contributed by atoms with Crippen LogP contribution in [-0.2, 0) is 9.47 Å². The Hall–Kier alpha value is -1.92. The summed E-state index contributed by atoms with van der Waals surface area (Å²) in [6, 6.07) is 3.52. The fraction of sp³-hybridized carbons (Fsp3) is 0.529. The van der Waals surface area contributed by atoms with Crippen LogP contribution in [0.15, 0.2) is 31.0 Å². The number of rotatable bonds is 5. The zero-order valence-corrected chi connectivity index (χ0v) is 13.3. The molecule has 6 nitrogen and oxygen atoms in total. The zero-order chi connectivity index (χ0) is 16.2. The summed E-state index contributed by atoms with van der Waals surface area (Å²) in [5, 5.41) is 0. The Labute approximate surface area is 136 Å². The van der Waals surface area contributed by atoms with Gasteiger partial charge in [-0.05, 0) is 25.0 Å². The quantitative estimate of drug-likeness (QED) is 0.773. The first-order valence-electron chi connectivity index (χ1n) is 7.90. The third-order valence-electron chi connectivity index (χ3n) is 4.36. The van der Waals surface area contributed by atoms with Gasteiger partial charge in [0.05, 0.1) is 26.3 Å². The molecule has 0 radical (unpaired) electrons. The SMILES string of the molecule is C=CCO[C@@H]1CN(C(=O)c2cccnc2OC)[C@H]2CCCO[C@@H]12. The zero-order valence-electron chi connectivity index (χ0n) is 13.3. The van der Waals surface area contributed by atoms with E-state index in [1.54, 1.807) is 24.4 Å². The van der Waals surface area contributed by atoms with Crippen LogP contribution in [0.4, 0.5) is 0 Å². The second-order valence-corrected chi connectivity index (χ2v) is 5.72. The average Bonchev–Trinajstić information content (AvgIpc) is 2.98. The van der Waals surface area contributed by atoms with Gasteiger partial charge in [0, 0.05) is 12.8 Å². The van der Waals surface area contributed by atoms with Gasteiger partial charge in [0.1, 0.15) is 17.8 Å². The lowest BCUT2D eigenvalue weighted by Crippen LogP contribution is -2.44. The van der Waals surface area contributed by atoms with Crippen LogP contribution < -0.4 is 4.74 Å². The standard InChI is InChI=1S/C17H22N2O4/c1-3-9-22-14-11-19(13-7-5-10-23-15(13)14)17(20)12-6-4-8-18-16(12)21-2/h3-4,6,8,13-15H,1,5,7,9-11H2,2H3/t13-,14+,15+/m0/s1. The molecule has 0 N–H and O–H groups in total. The second kappa shape index (κ2) is 7.10. The van der Waals surface area contributed by atoms with Crippen LogP contribution in [-0.4, -0.2) is 60.9 Å². The van der Waals surface area contributed by atoms with Gasteiger partial charge in [-0.3, -0.25) is 4.79 Å². The number of fused-ring (bicyclic) bond motifs is 1. The number of methoxy groups -OCH3 is 1. The van der Waals surface area contributed by atoms with Gasteiger partial charge < -0.3 is 19.1 Å². The Bertz CT molecular complexity index is 577. The van der Waals surface area contributed by atoms with Crippen molar-refractivity contribution in [2.24, 2.45) is 0 Å². The van der Waals surface area contributed by atoms with E-state index in [0.29, 0.717) is 31.2 Å². The van der Waals surface area contributed by atoms with Gasteiger partial charge in [-0.1, -0.05) is 6.08 Å². The lowest BCUT2D eigenvalue weighted by molar-refractivity contribution is -0.0708. The number of nitrogens with zero attached hydrogens (tertiary/aromatic N) is 2. The number of hydrogen-bond donors (Lipinski definition) is 0. The lowest BCUT2D eigenvalue weighted by Gasteiger charge is -2.32. The van der Waals surface area contributed by atoms with E-state index in [2.05, 4.69) is 11.6 Å². The highest BCUT2D eigenvalue weighted by Crippen LogP contribution is 2.32. The number of aromatic nitrogens is 1.